The van der Waals surface area contributed by atoms with Crippen molar-refractivity contribution in [2.24, 2.45) is 0 Å². The van der Waals surface area contributed by atoms with E-state index in [1.54, 1.807) is 36.8 Å². The Morgan fingerprint density at radius 1 is 0.500 bits per heavy atom. The molecule has 6 aromatic rings. The van der Waals surface area contributed by atoms with Crippen molar-refractivity contribution in [1.29, 1.82) is 0 Å². The van der Waals surface area contributed by atoms with Gasteiger partial charge in [-0.05, 0) is 37.1 Å². The summed E-state index contributed by atoms with van der Waals surface area (Å²) in [5.74, 6) is 1.37. The first-order valence-corrected chi connectivity index (χ1v) is 12.8. The van der Waals surface area contributed by atoms with Crippen molar-refractivity contribution in [2.75, 3.05) is 13.2 Å². The van der Waals surface area contributed by atoms with E-state index in [0.29, 0.717) is 47.0 Å². The maximum Gasteiger partial charge on any atom is 0.336 e. The van der Waals surface area contributed by atoms with Crippen LogP contribution in [0.2, 0.25) is 0 Å². The third-order valence-electron chi connectivity index (χ3n) is 6.65. The van der Waals surface area contributed by atoms with Gasteiger partial charge in [0.2, 0.25) is 0 Å². The highest BCUT2D eigenvalue weighted by Gasteiger charge is 2.14. The lowest BCUT2D eigenvalue weighted by Crippen LogP contribution is -2.01. The zero-order valence-corrected chi connectivity index (χ0v) is 20.7. The number of ether oxygens (including phenoxy) is 2. The molecule has 0 saturated carbocycles. The van der Waals surface area contributed by atoms with Crippen LogP contribution in [0.3, 0.4) is 0 Å². The second-order valence-corrected chi connectivity index (χ2v) is 9.23. The molecule has 0 unspecified atom stereocenters. The van der Waals surface area contributed by atoms with Crippen LogP contribution in [0.4, 0.5) is 0 Å². The van der Waals surface area contributed by atoms with E-state index in [1.165, 1.54) is 12.1 Å². The molecule has 0 amide bonds. The molecular weight excluding hydrogens is 488 g/mol. The number of rotatable bonds is 11. The van der Waals surface area contributed by atoms with Gasteiger partial charge in [0.05, 0.1) is 47.3 Å². The highest BCUT2D eigenvalue weighted by molar-refractivity contribution is 6.02. The van der Waals surface area contributed by atoms with Gasteiger partial charge in [-0.25, -0.2) is 9.59 Å². The Balaban J connectivity index is 0.962. The number of fused-ring (bicyclic) bond motifs is 4. The monoisotopic (exact) mass is 514 g/mol. The van der Waals surface area contributed by atoms with Crippen LogP contribution in [0.25, 0.3) is 43.9 Å². The van der Waals surface area contributed by atoms with E-state index < -0.39 is 11.3 Å². The Bertz CT molecular complexity index is 1700. The molecule has 0 saturated heterocycles. The molecule has 0 atom stereocenters. The van der Waals surface area contributed by atoms with Gasteiger partial charge < -0.3 is 27.1 Å². The van der Waals surface area contributed by atoms with E-state index >= 15 is 0 Å². The van der Waals surface area contributed by atoms with Gasteiger partial charge in [-0.15, -0.1) is 0 Å². The average molecular weight is 515 g/mol. The fraction of sp³-hybridized carbons (Fsp3) is 0.267. The standard InChI is InChI=1S/C30H26O8/c31-27-9-7-19-25(37-27)17-23-21(11-15-33-23)29(19)35-13-5-3-1-2-4-6-14-36-30-20-8-10-28(32)38-26(20)18-24-22(30)12-16-34-24/h7-12,15-18H,1-6,13-14H2. The zero-order valence-electron chi connectivity index (χ0n) is 20.7. The van der Waals surface area contributed by atoms with Gasteiger partial charge in [0.1, 0.15) is 33.8 Å². The minimum atomic E-state index is -0.403. The highest BCUT2D eigenvalue weighted by atomic mass is 16.5. The lowest BCUT2D eigenvalue weighted by molar-refractivity contribution is 0.303. The lowest BCUT2D eigenvalue weighted by atomic mass is 10.1. The molecule has 0 aliphatic carbocycles. The molecule has 0 N–H and O–H groups in total. The first-order chi connectivity index (χ1) is 18.7. The molecule has 0 fully saturated rings. The van der Waals surface area contributed by atoms with Crippen LogP contribution >= 0.6 is 0 Å². The molecule has 0 spiro atoms. The quantitative estimate of drug-likeness (QED) is 0.132. The summed E-state index contributed by atoms with van der Waals surface area (Å²) in [5.41, 5.74) is 1.37. The van der Waals surface area contributed by atoms with Crippen molar-refractivity contribution in [3.8, 4) is 11.5 Å². The van der Waals surface area contributed by atoms with E-state index in [2.05, 4.69) is 0 Å². The summed E-state index contributed by atoms with van der Waals surface area (Å²) in [6.07, 6.45) is 9.34. The molecule has 4 aromatic heterocycles. The molecule has 4 heterocycles. The highest BCUT2D eigenvalue weighted by Crippen LogP contribution is 2.36. The summed E-state index contributed by atoms with van der Waals surface area (Å²) in [6, 6.07) is 13.4. The molecule has 38 heavy (non-hydrogen) atoms. The van der Waals surface area contributed by atoms with Crippen molar-refractivity contribution in [3.05, 3.63) is 81.9 Å². The summed E-state index contributed by atoms with van der Waals surface area (Å²) < 4.78 is 33.9. The van der Waals surface area contributed by atoms with Gasteiger partial charge in [-0.2, -0.15) is 0 Å². The average Bonchev–Trinajstić information content (AvgIpc) is 3.57. The Labute approximate surface area is 216 Å². The first-order valence-electron chi connectivity index (χ1n) is 12.8. The van der Waals surface area contributed by atoms with Crippen LogP contribution in [0, 0.1) is 0 Å². The SMILES string of the molecule is O=c1ccc2c(OCCCCCCCCOc3c4ccoc4cc4oc(=O)ccc34)c3ccoc3cc2o1. The largest absolute Gasteiger partial charge is 0.492 e. The van der Waals surface area contributed by atoms with E-state index in [4.69, 9.17) is 27.1 Å². The third kappa shape index (κ3) is 4.77. The van der Waals surface area contributed by atoms with Crippen molar-refractivity contribution in [2.45, 2.75) is 38.5 Å². The van der Waals surface area contributed by atoms with E-state index in [9.17, 15) is 9.59 Å². The molecule has 8 nitrogen and oxygen atoms in total. The van der Waals surface area contributed by atoms with Gasteiger partial charge in [-0.3, -0.25) is 0 Å². The Morgan fingerprint density at radius 3 is 1.39 bits per heavy atom. The predicted octanol–water partition coefficient (Wildman–Crippen LogP) is 7.19. The topological polar surface area (TPSA) is 105 Å². The van der Waals surface area contributed by atoms with Crippen LogP contribution < -0.4 is 20.7 Å². The lowest BCUT2D eigenvalue weighted by Gasteiger charge is -2.11. The van der Waals surface area contributed by atoms with Crippen LogP contribution in [0.1, 0.15) is 38.5 Å². The van der Waals surface area contributed by atoms with Gasteiger partial charge in [0, 0.05) is 24.3 Å². The summed E-state index contributed by atoms with van der Waals surface area (Å²) in [7, 11) is 0. The Kier molecular flexibility index (Phi) is 6.60. The second kappa shape index (κ2) is 10.5. The maximum absolute atomic E-state index is 11.6. The smallest absolute Gasteiger partial charge is 0.336 e. The zero-order chi connectivity index (χ0) is 25.9. The molecular formula is C30H26O8. The molecule has 0 aliphatic heterocycles. The van der Waals surface area contributed by atoms with Crippen LogP contribution in [0.15, 0.2) is 88.3 Å². The van der Waals surface area contributed by atoms with Crippen LogP contribution in [0.5, 0.6) is 11.5 Å². The molecule has 8 heteroatoms. The molecule has 194 valence electrons. The Hall–Kier alpha value is -4.46. The summed E-state index contributed by atoms with van der Waals surface area (Å²) >= 11 is 0. The number of furan rings is 2. The minimum absolute atomic E-state index is 0.403. The van der Waals surface area contributed by atoms with Gasteiger partial charge in [0.15, 0.2) is 0 Å². The van der Waals surface area contributed by atoms with Crippen molar-refractivity contribution in [3.63, 3.8) is 0 Å². The van der Waals surface area contributed by atoms with E-state index in [-0.39, 0.29) is 0 Å². The van der Waals surface area contributed by atoms with Crippen LogP contribution in [-0.4, -0.2) is 13.2 Å². The van der Waals surface area contributed by atoms with Crippen LogP contribution in [-0.2, 0) is 0 Å². The van der Waals surface area contributed by atoms with Gasteiger partial charge in [-0.1, -0.05) is 25.7 Å². The van der Waals surface area contributed by atoms with E-state index in [0.717, 1.165) is 60.1 Å². The number of benzene rings is 2. The van der Waals surface area contributed by atoms with Gasteiger partial charge in [0.25, 0.3) is 0 Å². The molecule has 0 radical (unpaired) electrons. The number of hydrogen-bond acceptors (Lipinski definition) is 8. The summed E-state index contributed by atoms with van der Waals surface area (Å²) in [5, 5.41) is 3.26. The van der Waals surface area contributed by atoms with Crippen molar-refractivity contribution in [1.82, 2.24) is 0 Å². The third-order valence-corrected chi connectivity index (χ3v) is 6.65. The summed E-state index contributed by atoms with van der Waals surface area (Å²) in [6.45, 7) is 1.14. The van der Waals surface area contributed by atoms with Crippen molar-refractivity contribution >= 4 is 43.9 Å². The number of hydrogen-bond donors (Lipinski definition) is 0. The molecule has 0 aliphatic rings. The first kappa shape index (κ1) is 23.9. The molecule has 6 rings (SSSR count). The summed E-state index contributed by atoms with van der Waals surface area (Å²) in [4.78, 5) is 23.2. The normalized spacial score (nSPS) is 11.7. The van der Waals surface area contributed by atoms with Crippen molar-refractivity contribution < 1.29 is 27.1 Å². The molecule has 0 bridgehead atoms. The second-order valence-electron chi connectivity index (χ2n) is 9.23. The fourth-order valence-corrected chi connectivity index (χ4v) is 4.79. The minimum Gasteiger partial charge on any atom is -0.492 e. The molecule has 2 aromatic carbocycles. The van der Waals surface area contributed by atoms with Gasteiger partial charge >= 0.3 is 11.3 Å². The predicted molar refractivity (Wildman–Crippen MR) is 143 cm³/mol. The van der Waals surface area contributed by atoms with E-state index in [1.807, 2.05) is 12.1 Å². The fourth-order valence-electron chi connectivity index (χ4n) is 4.79. The number of unbranched alkanes of at least 4 members (excludes halogenated alkanes) is 5. The maximum atomic E-state index is 11.6. The Morgan fingerprint density at radius 2 is 0.921 bits per heavy atom.